The number of fused-ring (bicyclic) bond motifs is 1. The number of carbonyl (C=O) groups excluding carboxylic acids is 1. The molecule has 2 aromatic rings. The number of ether oxygens (including phenoxy) is 1. The molecular weight excluding hydrogens is 468 g/mol. The van der Waals surface area contributed by atoms with Crippen LogP contribution in [0.5, 0.6) is 5.19 Å². The zero-order valence-electron chi connectivity index (χ0n) is 20.8. The Labute approximate surface area is 211 Å². The van der Waals surface area contributed by atoms with Crippen molar-refractivity contribution in [1.29, 1.82) is 0 Å². The molecule has 1 atom stereocenters. The number of nitrogens with one attached hydrogen (secondary N) is 1. The number of amides is 1. The minimum atomic E-state index is -2.85. The first-order valence-electron chi connectivity index (χ1n) is 12.8. The summed E-state index contributed by atoms with van der Waals surface area (Å²) in [4.78, 5) is 20.6. The smallest absolute Gasteiger partial charge is 0.278 e. The molecule has 1 saturated carbocycles. The Morgan fingerprint density at radius 2 is 2.00 bits per heavy atom. The van der Waals surface area contributed by atoms with E-state index in [1.807, 2.05) is 18.2 Å². The van der Waals surface area contributed by atoms with Gasteiger partial charge in [0.05, 0.1) is 5.69 Å². The number of benzene rings is 1. The second-order valence-electron chi connectivity index (χ2n) is 10.3. The van der Waals surface area contributed by atoms with E-state index in [0.717, 1.165) is 75.7 Å². The summed E-state index contributed by atoms with van der Waals surface area (Å²) in [5.41, 5.74) is 2.19. The van der Waals surface area contributed by atoms with Gasteiger partial charge in [0.2, 0.25) is 5.91 Å². The van der Waals surface area contributed by atoms with Crippen molar-refractivity contribution in [3.8, 4) is 5.19 Å². The molecule has 1 unspecified atom stereocenters. The fourth-order valence-electron chi connectivity index (χ4n) is 5.09. The molecule has 1 aromatic heterocycles. The van der Waals surface area contributed by atoms with Crippen molar-refractivity contribution in [3.63, 3.8) is 0 Å². The maximum atomic E-state index is 13.1. The Kier molecular flexibility index (Phi) is 8.76. The highest BCUT2D eigenvalue weighted by atomic mass is 32.1. The molecule has 1 aliphatic carbocycles. The minimum absolute atomic E-state index is 0.156. The Bertz CT molecular complexity index is 955. The van der Waals surface area contributed by atoms with Gasteiger partial charge in [-0.3, -0.25) is 9.69 Å². The van der Waals surface area contributed by atoms with Gasteiger partial charge < -0.3 is 10.1 Å². The predicted octanol–water partition coefficient (Wildman–Crippen LogP) is 5.79. The predicted molar refractivity (Wildman–Crippen MR) is 135 cm³/mol. The summed E-state index contributed by atoms with van der Waals surface area (Å²) in [5.74, 6) is -1.77. The van der Waals surface area contributed by atoms with Gasteiger partial charge in [-0.1, -0.05) is 48.6 Å². The van der Waals surface area contributed by atoms with Crippen molar-refractivity contribution in [3.05, 3.63) is 46.5 Å². The summed E-state index contributed by atoms with van der Waals surface area (Å²) in [5, 5.41) is 3.62. The van der Waals surface area contributed by atoms with Gasteiger partial charge in [0, 0.05) is 37.4 Å². The van der Waals surface area contributed by atoms with Crippen molar-refractivity contribution in [2.45, 2.75) is 83.2 Å². The van der Waals surface area contributed by atoms with Crippen LogP contribution in [0.2, 0.25) is 0 Å². The Morgan fingerprint density at radius 3 is 2.71 bits per heavy atom. The molecule has 1 aliphatic heterocycles. The number of aromatic nitrogens is 1. The molecule has 1 aromatic carbocycles. The van der Waals surface area contributed by atoms with Crippen molar-refractivity contribution >= 4 is 17.2 Å². The first-order valence-corrected chi connectivity index (χ1v) is 13.6. The highest BCUT2D eigenvalue weighted by molar-refractivity contribution is 7.13. The summed E-state index contributed by atoms with van der Waals surface area (Å²) in [6.45, 7) is 5.11. The van der Waals surface area contributed by atoms with Crippen LogP contribution in [0.1, 0.15) is 74.4 Å². The molecule has 0 saturated heterocycles. The number of carbonyl (C=O) groups is 1. The average Bonchev–Trinajstić information content (AvgIpc) is 3.25. The number of rotatable bonds is 10. The fourth-order valence-corrected chi connectivity index (χ4v) is 6.00. The van der Waals surface area contributed by atoms with Crippen molar-refractivity contribution in [2.24, 2.45) is 5.92 Å². The number of nitrogens with zero attached hydrogens (tertiary/aromatic N) is 2. The fraction of sp³-hybridized carbons (Fsp3) is 0.630. The Morgan fingerprint density at radius 1 is 1.26 bits per heavy atom. The highest BCUT2D eigenvalue weighted by Gasteiger charge is 2.27. The number of thiazole rings is 1. The molecule has 2 aliphatic rings. The summed E-state index contributed by atoms with van der Waals surface area (Å²) >= 11 is 1.40. The quantitative estimate of drug-likeness (QED) is 0.444. The molecule has 1 N–H and O–H groups in total. The molecule has 0 radical (unpaired) electrons. The lowest BCUT2D eigenvalue weighted by molar-refractivity contribution is -0.122. The monoisotopic (exact) mass is 505 g/mol. The molecule has 2 heterocycles. The molecule has 0 bridgehead atoms. The Hall–Kier alpha value is -2.06. The molecule has 0 spiro atoms. The van der Waals surface area contributed by atoms with Gasteiger partial charge >= 0.3 is 0 Å². The van der Waals surface area contributed by atoms with Crippen LogP contribution in [0.25, 0.3) is 0 Å². The first-order chi connectivity index (χ1) is 16.7. The maximum Gasteiger partial charge on any atom is 0.278 e. The zero-order valence-corrected chi connectivity index (χ0v) is 21.6. The summed E-state index contributed by atoms with van der Waals surface area (Å²) < 4.78 is 31.3. The second-order valence-corrected chi connectivity index (χ2v) is 11.4. The lowest BCUT2D eigenvalue weighted by atomic mass is 9.83. The van der Waals surface area contributed by atoms with E-state index in [0.29, 0.717) is 23.6 Å². The second kappa shape index (κ2) is 11.8. The number of alkyl halides is 2. The van der Waals surface area contributed by atoms with Gasteiger partial charge in [0.1, 0.15) is 0 Å². The Balaban J connectivity index is 1.14. The van der Waals surface area contributed by atoms with Crippen LogP contribution in [-0.4, -0.2) is 47.5 Å². The molecule has 1 amide bonds. The van der Waals surface area contributed by atoms with Crippen LogP contribution in [-0.2, 0) is 17.8 Å². The first kappa shape index (κ1) is 26.0. The van der Waals surface area contributed by atoms with E-state index in [4.69, 9.17) is 4.74 Å². The summed E-state index contributed by atoms with van der Waals surface area (Å²) in [7, 11) is 0. The molecule has 35 heavy (non-hydrogen) atoms. The standard InChI is InChI=1S/C27H37F2N3O2S/c1-19(21-6-4-3-5-7-21)16-25(33)30-22-10-8-20(9-11-22)12-14-32-15-13-24-23(17-32)31-26(35-24)34-18-27(2,28)29/h3-7,19-20,22H,8-18H2,1-2H3,(H,30,33). The van der Waals surface area contributed by atoms with E-state index in [1.54, 1.807) is 0 Å². The van der Waals surface area contributed by atoms with Crippen molar-refractivity contribution in [2.75, 3.05) is 19.7 Å². The van der Waals surface area contributed by atoms with Crippen molar-refractivity contribution in [1.82, 2.24) is 15.2 Å². The molecule has 1 fully saturated rings. The van der Waals surface area contributed by atoms with Crippen molar-refractivity contribution < 1.29 is 18.3 Å². The van der Waals surface area contributed by atoms with E-state index < -0.39 is 12.5 Å². The molecule has 4 rings (SSSR count). The van der Waals surface area contributed by atoms with Crippen LogP contribution in [0.15, 0.2) is 30.3 Å². The largest absolute Gasteiger partial charge is 0.464 e. The molecule has 8 heteroatoms. The minimum Gasteiger partial charge on any atom is -0.464 e. The van der Waals surface area contributed by atoms with E-state index in [9.17, 15) is 13.6 Å². The van der Waals surface area contributed by atoms with Gasteiger partial charge in [-0.2, -0.15) is 0 Å². The molecule has 192 valence electrons. The van der Waals surface area contributed by atoms with E-state index >= 15 is 0 Å². The van der Waals surface area contributed by atoms with Gasteiger partial charge in [0.15, 0.2) is 6.61 Å². The number of halogens is 2. The lowest BCUT2D eigenvalue weighted by Crippen LogP contribution is -2.38. The molecule has 5 nitrogen and oxygen atoms in total. The number of hydrogen-bond donors (Lipinski definition) is 1. The zero-order chi connectivity index (χ0) is 24.8. The van der Waals surface area contributed by atoms with Crippen LogP contribution < -0.4 is 10.1 Å². The molecular formula is C27H37F2N3O2S. The lowest BCUT2D eigenvalue weighted by Gasteiger charge is -2.32. The SMILES string of the molecule is CC(CC(=O)NC1CCC(CCN2CCc3sc(OCC(C)(F)F)nc3C2)CC1)c1ccccc1. The maximum absolute atomic E-state index is 13.1. The van der Waals surface area contributed by atoms with Gasteiger partial charge in [-0.25, -0.2) is 13.8 Å². The van der Waals surface area contributed by atoms with Crippen LogP contribution in [0, 0.1) is 5.92 Å². The van der Waals surface area contributed by atoms with Crippen LogP contribution >= 0.6 is 11.3 Å². The van der Waals surface area contributed by atoms with Gasteiger partial charge in [-0.05, 0) is 62.5 Å². The van der Waals surface area contributed by atoms with Gasteiger partial charge in [0.25, 0.3) is 11.1 Å². The summed E-state index contributed by atoms with van der Waals surface area (Å²) in [6.07, 6.45) is 6.99. The third-order valence-corrected chi connectivity index (χ3v) is 8.23. The van der Waals surface area contributed by atoms with Crippen LogP contribution in [0.4, 0.5) is 8.78 Å². The van der Waals surface area contributed by atoms with E-state index in [-0.39, 0.29) is 11.8 Å². The average molecular weight is 506 g/mol. The van der Waals surface area contributed by atoms with Gasteiger partial charge in [-0.15, -0.1) is 0 Å². The topological polar surface area (TPSA) is 54.5 Å². The van der Waals surface area contributed by atoms with Crippen LogP contribution in [0.3, 0.4) is 0 Å². The number of hydrogen-bond acceptors (Lipinski definition) is 5. The summed E-state index contributed by atoms with van der Waals surface area (Å²) in [6, 6.07) is 10.5. The third kappa shape index (κ3) is 7.97. The highest BCUT2D eigenvalue weighted by Crippen LogP contribution is 2.32. The van der Waals surface area contributed by atoms with E-state index in [2.05, 4.69) is 34.3 Å². The third-order valence-electron chi connectivity index (χ3n) is 7.16. The van der Waals surface area contributed by atoms with E-state index in [1.165, 1.54) is 16.9 Å². The normalized spacial score (nSPS) is 21.8.